The molecule has 3 nitrogen and oxygen atoms in total. The van der Waals surface area contributed by atoms with Gasteiger partial charge in [-0.05, 0) is 41.0 Å². The summed E-state index contributed by atoms with van der Waals surface area (Å²) in [6, 6.07) is 19.4. The molecular weight excluding hydrogens is 446 g/mol. The molecule has 3 aromatic carbocycles. The van der Waals surface area contributed by atoms with Crippen LogP contribution in [0.25, 0.3) is 11.1 Å². The molecule has 0 saturated carbocycles. The summed E-state index contributed by atoms with van der Waals surface area (Å²) in [6.07, 6.45) is -4.66. The minimum Gasteiger partial charge on any atom is -0.492 e. The van der Waals surface area contributed by atoms with Gasteiger partial charge in [-0.15, -0.1) is 0 Å². The Labute approximate surface area is 196 Å². The highest BCUT2D eigenvalue weighted by Crippen LogP contribution is 2.42. The molecule has 1 heterocycles. The topological polar surface area (TPSA) is 21.7 Å². The molecular formula is C27H25F4NO2. The molecule has 0 spiro atoms. The summed E-state index contributed by atoms with van der Waals surface area (Å²) >= 11 is 0. The van der Waals surface area contributed by atoms with Crippen LogP contribution in [0.5, 0.6) is 5.75 Å². The lowest BCUT2D eigenvalue weighted by molar-refractivity contribution is -0.0685. The zero-order valence-corrected chi connectivity index (χ0v) is 18.5. The van der Waals surface area contributed by atoms with Gasteiger partial charge in [-0.2, -0.15) is 13.2 Å². The monoisotopic (exact) mass is 471 g/mol. The van der Waals surface area contributed by atoms with E-state index in [1.807, 2.05) is 0 Å². The zero-order valence-electron chi connectivity index (χ0n) is 18.5. The first kappa shape index (κ1) is 24.0. The van der Waals surface area contributed by atoms with Crippen LogP contribution in [0.15, 0.2) is 78.9 Å². The number of allylic oxidation sites excluding steroid dienone is 1. The standard InChI is InChI=1S/C27H25F4NO2/c28-23-10-6-22(7-11-23)26(27(29,30)31)25(20-4-2-1-3-5-20)21-8-12-24(13-9-21)34-19-16-32-14-17-33-18-15-32/h1-13H,14-19H2/b26-25+. The summed E-state index contributed by atoms with van der Waals surface area (Å²) in [6.45, 7) is 4.36. The van der Waals surface area contributed by atoms with E-state index in [0.29, 0.717) is 36.7 Å². The Hall–Kier alpha value is -3.16. The molecule has 0 aliphatic carbocycles. The minimum absolute atomic E-state index is 0.0274. The summed E-state index contributed by atoms with van der Waals surface area (Å²) in [7, 11) is 0. The van der Waals surface area contributed by atoms with Gasteiger partial charge in [0.2, 0.25) is 0 Å². The van der Waals surface area contributed by atoms with Crippen LogP contribution in [0.4, 0.5) is 17.6 Å². The summed E-state index contributed by atoms with van der Waals surface area (Å²) in [5.74, 6) is -0.00937. The molecule has 1 saturated heterocycles. The highest BCUT2D eigenvalue weighted by atomic mass is 19.4. The van der Waals surface area contributed by atoms with Crippen LogP contribution in [0.3, 0.4) is 0 Å². The minimum atomic E-state index is -4.66. The first-order valence-electron chi connectivity index (χ1n) is 11.1. The summed E-state index contributed by atoms with van der Waals surface area (Å²) in [5, 5.41) is 0. The van der Waals surface area contributed by atoms with E-state index in [0.717, 1.165) is 43.9 Å². The van der Waals surface area contributed by atoms with Gasteiger partial charge in [0.1, 0.15) is 18.2 Å². The lowest BCUT2D eigenvalue weighted by atomic mass is 9.89. The fourth-order valence-corrected chi connectivity index (χ4v) is 3.96. The van der Waals surface area contributed by atoms with Crippen LogP contribution in [0, 0.1) is 5.82 Å². The lowest BCUT2D eigenvalue weighted by Crippen LogP contribution is -2.38. The third-order valence-corrected chi connectivity index (χ3v) is 5.65. The Morgan fingerprint density at radius 1 is 0.794 bits per heavy atom. The molecule has 0 N–H and O–H groups in total. The lowest BCUT2D eigenvalue weighted by Gasteiger charge is -2.26. The maximum absolute atomic E-state index is 14.4. The smallest absolute Gasteiger partial charge is 0.417 e. The van der Waals surface area contributed by atoms with Crippen molar-refractivity contribution < 1.29 is 27.0 Å². The molecule has 0 radical (unpaired) electrons. The van der Waals surface area contributed by atoms with Crippen LogP contribution in [-0.2, 0) is 4.74 Å². The van der Waals surface area contributed by atoms with Crippen molar-refractivity contribution in [2.24, 2.45) is 0 Å². The van der Waals surface area contributed by atoms with Gasteiger partial charge in [0.15, 0.2) is 0 Å². The van der Waals surface area contributed by atoms with Crippen LogP contribution < -0.4 is 4.74 Å². The molecule has 34 heavy (non-hydrogen) atoms. The second kappa shape index (κ2) is 10.8. The van der Waals surface area contributed by atoms with E-state index in [-0.39, 0.29) is 11.1 Å². The maximum atomic E-state index is 14.4. The van der Waals surface area contributed by atoms with E-state index in [4.69, 9.17) is 9.47 Å². The molecule has 1 aliphatic rings. The van der Waals surface area contributed by atoms with Gasteiger partial charge in [-0.25, -0.2) is 4.39 Å². The largest absolute Gasteiger partial charge is 0.492 e. The molecule has 1 fully saturated rings. The molecule has 3 aromatic rings. The Kier molecular flexibility index (Phi) is 7.65. The average Bonchev–Trinajstić information content (AvgIpc) is 2.84. The summed E-state index contributed by atoms with van der Waals surface area (Å²) < 4.78 is 67.7. The number of morpholine rings is 1. The van der Waals surface area contributed by atoms with Crippen LogP contribution in [-0.4, -0.2) is 50.5 Å². The SMILES string of the molecule is Fc1ccc(/C(=C(/c2ccccc2)c2ccc(OCCN3CCOCC3)cc2)C(F)(F)F)cc1. The summed E-state index contributed by atoms with van der Waals surface area (Å²) in [4.78, 5) is 2.24. The van der Waals surface area contributed by atoms with E-state index in [9.17, 15) is 17.6 Å². The van der Waals surface area contributed by atoms with E-state index < -0.39 is 17.6 Å². The normalized spacial score (nSPS) is 15.6. The van der Waals surface area contributed by atoms with Crippen molar-refractivity contribution in [2.45, 2.75) is 6.18 Å². The Morgan fingerprint density at radius 2 is 1.38 bits per heavy atom. The van der Waals surface area contributed by atoms with Gasteiger partial charge < -0.3 is 9.47 Å². The van der Waals surface area contributed by atoms with Gasteiger partial charge in [-0.1, -0.05) is 54.6 Å². The number of hydrogen-bond donors (Lipinski definition) is 0. The van der Waals surface area contributed by atoms with Crippen molar-refractivity contribution in [3.8, 4) is 5.75 Å². The fourth-order valence-electron chi connectivity index (χ4n) is 3.96. The van der Waals surface area contributed by atoms with E-state index in [1.54, 1.807) is 54.6 Å². The predicted octanol–water partition coefficient (Wildman–Crippen LogP) is 6.06. The second-order valence-corrected chi connectivity index (χ2v) is 7.95. The molecule has 1 aliphatic heterocycles. The second-order valence-electron chi connectivity index (χ2n) is 7.95. The molecule has 0 amide bonds. The molecule has 0 aromatic heterocycles. The summed E-state index contributed by atoms with van der Waals surface area (Å²) in [5.41, 5.74) is -0.0821. The molecule has 7 heteroatoms. The van der Waals surface area contributed by atoms with Crippen LogP contribution in [0.2, 0.25) is 0 Å². The maximum Gasteiger partial charge on any atom is 0.417 e. The average molecular weight is 471 g/mol. The van der Waals surface area contributed by atoms with Crippen molar-refractivity contribution in [1.29, 1.82) is 0 Å². The number of hydrogen-bond acceptors (Lipinski definition) is 3. The first-order valence-corrected chi connectivity index (χ1v) is 11.1. The number of ether oxygens (including phenoxy) is 2. The Bertz CT molecular complexity index is 1090. The van der Waals surface area contributed by atoms with Crippen molar-refractivity contribution in [2.75, 3.05) is 39.5 Å². The van der Waals surface area contributed by atoms with Gasteiger partial charge in [0, 0.05) is 25.2 Å². The van der Waals surface area contributed by atoms with E-state index in [1.165, 1.54) is 0 Å². The van der Waals surface area contributed by atoms with Crippen molar-refractivity contribution in [3.05, 3.63) is 101 Å². The van der Waals surface area contributed by atoms with Crippen molar-refractivity contribution >= 4 is 11.1 Å². The third-order valence-electron chi connectivity index (χ3n) is 5.65. The number of halogens is 4. The third kappa shape index (κ3) is 6.04. The Balaban J connectivity index is 1.66. The molecule has 0 atom stereocenters. The zero-order chi connectivity index (χ0) is 24.0. The van der Waals surface area contributed by atoms with Crippen molar-refractivity contribution in [1.82, 2.24) is 4.90 Å². The first-order chi connectivity index (χ1) is 16.4. The van der Waals surface area contributed by atoms with Crippen LogP contribution in [0.1, 0.15) is 16.7 Å². The molecule has 0 unspecified atom stereocenters. The fraction of sp³-hybridized carbons (Fsp3) is 0.259. The Morgan fingerprint density at radius 3 is 2.00 bits per heavy atom. The van der Waals surface area contributed by atoms with E-state index >= 15 is 0 Å². The number of alkyl halides is 3. The van der Waals surface area contributed by atoms with Gasteiger partial charge in [-0.3, -0.25) is 4.90 Å². The molecule has 4 rings (SSSR count). The number of rotatable bonds is 7. The molecule has 178 valence electrons. The highest BCUT2D eigenvalue weighted by molar-refractivity contribution is 6.00. The van der Waals surface area contributed by atoms with Crippen LogP contribution >= 0.6 is 0 Å². The molecule has 0 bridgehead atoms. The quantitative estimate of drug-likeness (QED) is 0.309. The number of nitrogens with zero attached hydrogens (tertiary/aromatic N) is 1. The number of benzene rings is 3. The van der Waals surface area contributed by atoms with Gasteiger partial charge in [0.05, 0.1) is 18.8 Å². The van der Waals surface area contributed by atoms with Crippen molar-refractivity contribution in [3.63, 3.8) is 0 Å². The van der Waals surface area contributed by atoms with Gasteiger partial charge in [0.25, 0.3) is 0 Å². The van der Waals surface area contributed by atoms with E-state index in [2.05, 4.69) is 4.90 Å². The van der Waals surface area contributed by atoms with Gasteiger partial charge >= 0.3 is 6.18 Å². The predicted molar refractivity (Wildman–Crippen MR) is 124 cm³/mol. The highest BCUT2D eigenvalue weighted by Gasteiger charge is 2.38.